The molecule has 0 saturated carbocycles. The van der Waals surface area contributed by atoms with Crippen LogP contribution in [0.15, 0.2) is 45.3 Å². The molecule has 0 aliphatic rings. The van der Waals surface area contributed by atoms with Crippen LogP contribution in [0.1, 0.15) is 18.4 Å². The van der Waals surface area contributed by atoms with Gasteiger partial charge in [0.15, 0.2) is 11.8 Å². The lowest BCUT2D eigenvalue weighted by molar-refractivity contribution is -0.908. The molecule has 2 aromatic rings. The quantitative estimate of drug-likeness (QED) is 0.868. The lowest BCUT2D eigenvalue weighted by atomic mass is 10.2. The number of quaternary nitrogens is 1. The Labute approximate surface area is 133 Å². The number of carbonyl (C=O) groups is 1. The maximum Gasteiger partial charge on any atom is 0.282 e. The summed E-state index contributed by atoms with van der Waals surface area (Å²) in [7, 11) is 1.99. The fraction of sp³-hybridized carbons (Fsp3) is 0.312. The molecule has 0 aliphatic carbocycles. The number of amides is 1. The highest BCUT2D eigenvalue weighted by molar-refractivity contribution is 9.10. The Morgan fingerprint density at radius 2 is 1.95 bits per heavy atom. The average Bonchev–Trinajstić information content (AvgIpc) is 2.85. The molecule has 0 radical (unpaired) electrons. The largest absolute Gasteiger partial charge is 0.460 e. The summed E-state index contributed by atoms with van der Waals surface area (Å²) in [5, 5.41) is 2.93. The van der Waals surface area contributed by atoms with E-state index in [1.54, 1.807) is 0 Å². The van der Waals surface area contributed by atoms with Crippen LogP contribution in [0.4, 0.5) is 5.69 Å². The van der Waals surface area contributed by atoms with Gasteiger partial charge in [-0.1, -0.05) is 15.9 Å². The molecule has 1 amide bonds. The minimum absolute atomic E-state index is 0.00176. The van der Waals surface area contributed by atoms with Gasteiger partial charge < -0.3 is 14.6 Å². The molecule has 0 bridgehead atoms. The summed E-state index contributed by atoms with van der Waals surface area (Å²) in [6, 6.07) is 11.3. The minimum atomic E-state index is -0.168. The van der Waals surface area contributed by atoms with E-state index in [0.717, 1.165) is 26.6 Å². The summed E-state index contributed by atoms with van der Waals surface area (Å²) in [6.07, 6.45) is 0. The van der Waals surface area contributed by atoms with Crippen LogP contribution >= 0.6 is 15.9 Å². The number of halogens is 1. The van der Waals surface area contributed by atoms with E-state index in [2.05, 4.69) is 21.2 Å². The Morgan fingerprint density at radius 3 is 2.52 bits per heavy atom. The molecule has 1 unspecified atom stereocenters. The average molecular weight is 352 g/mol. The zero-order chi connectivity index (χ0) is 15.4. The molecule has 112 valence electrons. The first-order valence-corrected chi connectivity index (χ1v) is 7.69. The molecule has 0 saturated heterocycles. The van der Waals surface area contributed by atoms with Crippen LogP contribution in [0.2, 0.25) is 0 Å². The second-order valence-electron chi connectivity index (χ2n) is 5.25. The highest BCUT2D eigenvalue weighted by Gasteiger charge is 2.22. The molecule has 21 heavy (non-hydrogen) atoms. The van der Waals surface area contributed by atoms with Gasteiger partial charge in [0, 0.05) is 10.2 Å². The van der Waals surface area contributed by atoms with E-state index in [1.165, 1.54) is 0 Å². The summed E-state index contributed by atoms with van der Waals surface area (Å²) in [5.74, 6) is 1.79. The third kappa shape index (κ3) is 4.44. The number of benzene rings is 1. The molecule has 2 atom stereocenters. The zero-order valence-electron chi connectivity index (χ0n) is 12.4. The van der Waals surface area contributed by atoms with Crippen molar-refractivity contribution < 1.29 is 14.1 Å². The molecule has 1 aromatic heterocycles. The smallest absolute Gasteiger partial charge is 0.282 e. The predicted octanol–water partition coefficient (Wildman–Crippen LogP) is 2.39. The molecular formula is C16H20BrN2O2+. The van der Waals surface area contributed by atoms with Crippen LogP contribution in [0.3, 0.4) is 0 Å². The first kappa shape index (κ1) is 15.8. The lowest BCUT2D eigenvalue weighted by Crippen LogP contribution is -3.12. The number of likely N-dealkylation sites (N-methyl/N-ethyl adjacent to an activating group) is 1. The van der Waals surface area contributed by atoms with Crippen molar-refractivity contribution >= 4 is 27.5 Å². The Kier molecular flexibility index (Phi) is 5.20. The number of aryl methyl sites for hydroxylation is 1. The van der Waals surface area contributed by atoms with Crippen LogP contribution in [0, 0.1) is 6.92 Å². The van der Waals surface area contributed by atoms with Crippen molar-refractivity contribution in [3.05, 3.63) is 52.4 Å². The number of anilines is 1. The van der Waals surface area contributed by atoms with E-state index in [-0.39, 0.29) is 11.9 Å². The number of carbonyl (C=O) groups excluding carboxylic acids is 1. The van der Waals surface area contributed by atoms with Crippen molar-refractivity contribution in [3.63, 3.8) is 0 Å². The maximum absolute atomic E-state index is 12.3. The summed E-state index contributed by atoms with van der Waals surface area (Å²) in [4.78, 5) is 13.3. The Bertz CT molecular complexity index is 607. The van der Waals surface area contributed by atoms with Gasteiger partial charge in [0.25, 0.3) is 5.91 Å². The summed E-state index contributed by atoms with van der Waals surface area (Å²) < 4.78 is 6.55. The summed E-state index contributed by atoms with van der Waals surface area (Å²) in [6.45, 7) is 4.52. The van der Waals surface area contributed by atoms with Gasteiger partial charge in [0.05, 0.1) is 7.05 Å². The van der Waals surface area contributed by atoms with Crippen LogP contribution in [-0.2, 0) is 11.3 Å². The molecule has 0 aliphatic heterocycles. The van der Waals surface area contributed by atoms with Crippen molar-refractivity contribution in [2.45, 2.75) is 26.4 Å². The number of rotatable bonds is 5. The van der Waals surface area contributed by atoms with E-state index in [1.807, 2.05) is 57.3 Å². The van der Waals surface area contributed by atoms with E-state index in [9.17, 15) is 4.79 Å². The van der Waals surface area contributed by atoms with Crippen molar-refractivity contribution in [2.75, 3.05) is 12.4 Å². The van der Waals surface area contributed by atoms with Crippen molar-refractivity contribution in [2.24, 2.45) is 0 Å². The van der Waals surface area contributed by atoms with Gasteiger partial charge >= 0.3 is 0 Å². The number of furan rings is 1. The summed E-state index contributed by atoms with van der Waals surface area (Å²) >= 11 is 3.38. The first-order chi connectivity index (χ1) is 9.95. The molecule has 2 rings (SSSR count). The van der Waals surface area contributed by atoms with E-state index in [4.69, 9.17) is 4.42 Å². The predicted molar refractivity (Wildman–Crippen MR) is 86.3 cm³/mol. The molecule has 1 heterocycles. The monoisotopic (exact) mass is 351 g/mol. The number of nitrogens with one attached hydrogen (secondary N) is 2. The molecule has 2 N–H and O–H groups in total. The SMILES string of the molecule is Cc1ccc(C[NH+](C)[C@@H](C)C(=O)Nc2ccc(Br)cc2)o1. The Hall–Kier alpha value is -1.59. The topological polar surface area (TPSA) is 46.7 Å². The van der Waals surface area contributed by atoms with E-state index < -0.39 is 0 Å². The highest BCUT2D eigenvalue weighted by Crippen LogP contribution is 2.14. The van der Waals surface area contributed by atoms with Crippen LogP contribution in [-0.4, -0.2) is 19.0 Å². The zero-order valence-corrected chi connectivity index (χ0v) is 14.0. The van der Waals surface area contributed by atoms with Gasteiger partial charge in [-0.15, -0.1) is 0 Å². The van der Waals surface area contributed by atoms with Gasteiger partial charge in [-0.25, -0.2) is 0 Å². The van der Waals surface area contributed by atoms with Crippen molar-refractivity contribution in [1.29, 1.82) is 0 Å². The lowest BCUT2D eigenvalue weighted by Gasteiger charge is -2.20. The third-order valence-electron chi connectivity index (χ3n) is 3.49. The third-order valence-corrected chi connectivity index (χ3v) is 4.02. The van der Waals surface area contributed by atoms with E-state index in [0.29, 0.717) is 6.54 Å². The van der Waals surface area contributed by atoms with Crippen LogP contribution < -0.4 is 10.2 Å². The van der Waals surface area contributed by atoms with Gasteiger partial charge in [-0.2, -0.15) is 0 Å². The molecular weight excluding hydrogens is 332 g/mol. The first-order valence-electron chi connectivity index (χ1n) is 6.90. The van der Waals surface area contributed by atoms with Crippen molar-refractivity contribution in [3.8, 4) is 0 Å². The number of hydrogen-bond donors (Lipinski definition) is 2. The summed E-state index contributed by atoms with van der Waals surface area (Å²) in [5.41, 5.74) is 0.802. The van der Waals surface area contributed by atoms with Gasteiger partial charge in [0.1, 0.15) is 12.3 Å². The van der Waals surface area contributed by atoms with Gasteiger partial charge in [0.2, 0.25) is 0 Å². The Morgan fingerprint density at radius 1 is 1.29 bits per heavy atom. The van der Waals surface area contributed by atoms with Gasteiger partial charge in [-0.05, 0) is 50.2 Å². The van der Waals surface area contributed by atoms with Crippen LogP contribution in [0.25, 0.3) is 0 Å². The molecule has 0 fully saturated rings. The standard InChI is InChI=1S/C16H19BrN2O2/c1-11-4-9-15(21-11)10-19(3)12(2)16(20)18-14-7-5-13(17)6-8-14/h4-9,12H,10H2,1-3H3,(H,18,20)/p+1/t12-/m0/s1. The van der Waals surface area contributed by atoms with E-state index >= 15 is 0 Å². The van der Waals surface area contributed by atoms with Gasteiger partial charge in [-0.3, -0.25) is 4.79 Å². The minimum Gasteiger partial charge on any atom is -0.460 e. The van der Waals surface area contributed by atoms with Crippen molar-refractivity contribution in [1.82, 2.24) is 0 Å². The second kappa shape index (κ2) is 6.91. The molecule has 5 heteroatoms. The highest BCUT2D eigenvalue weighted by atomic mass is 79.9. The number of hydrogen-bond acceptors (Lipinski definition) is 2. The fourth-order valence-electron chi connectivity index (χ4n) is 2.02. The normalized spacial score (nSPS) is 13.7. The van der Waals surface area contributed by atoms with Crippen LogP contribution in [0.5, 0.6) is 0 Å². The molecule has 0 spiro atoms. The maximum atomic E-state index is 12.3. The fourth-order valence-corrected chi connectivity index (χ4v) is 2.28. The second-order valence-corrected chi connectivity index (χ2v) is 6.17. The Balaban J connectivity index is 1.93. The molecule has 1 aromatic carbocycles. The molecule has 4 nitrogen and oxygen atoms in total.